The number of carboxylic acid groups (broad SMARTS) is 1. The Balaban J connectivity index is 2.35. The van der Waals surface area contributed by atoms with Crippen LogP contribution < -0.4 is 4.74 Å². The Morgan fingerprint density at radius 2 is 2.12 bits per heavy atom. The maximum atomic E-state index is 10.4. The number of aryl methyl sites for hydroxylation is 1. The normalized spacial score (nSPS) is 10.3. The lowest BCUT2D eigenvalue weighted by Crippen LogP contribution is -2.09. The first kappa shape index (κ1) is 10.5. The molecule has 2 aromatic rings. The van der Waals surface area contributed by atoms with Crippen LogP contribution in [0.5, 0.6) is 5.75 Å². The Kier molecular flexibility index (Phi) is 2.77. The molecule has 0 saturated heterocycles. The zero-order valence-corrected chi connectivity index (χ0v) is 8.93. The van der Waals surface area contributed by atoms with E-state index in [1.807, 2.05) is 37.3 Å². The topological polar surface area (TPSA) is 46.5 Å². The molecule has 82 valence electrons. The summed E-state index contributed by atoms with van der Waals surface area (Å²) in [6.07, 6.45) is 0. The summed E-state index contributed by atoms with van der Waals surface area (Å²) in [4.78, 5) is 10.4. The van der Waals surface area contributed by atoms with Crippen molar-refractivity contribution in [3.05, 3.63) is 42.0 Å². The lowest BCUT2D eigenvalue weighted by atomic mass is 10.1. The van der Waals surface area contributed by atoms with Gasteiger partial charge in [0.2, 0.25) is 0 Å². The lowest BCUT2D eigenvalue weighted by Gasteiger charge is -2.06. The maximum absolute atomic E-state index is 10.4. The van der Waals surface area contributed by atoms with Gasteiger partial charge in [0.25, 0.3) is 0 Å². The van der Waals surface area contributed by atoms with E-state index in [-0.39, 0.29) is 6.61 Å². The second-order valence-corrected chi connectivity index (χ2v) is 3.64. The predicted octanol–water partition coefficient (Wildman–Crippen LogP) is 2.61. The molecule has 0 amide bonds. The molecule has 0 heterocycles. The molecule has 0 fully saturated rings. The van der Waals surface area contributed by atoms with E-state index in [0.717, 1.165) is 16.3 Å². The molecule has 0 saturated carbocycles. The summed E-state index contributed by atoms with van der Waals surface area (Å²) < 4.78 is 5.13. The fourth-order valence-electron chi connectivity index (χ4n) is 1.64. The number of carboxylic acids is 1. The second kappa shape index (κ2) is 4.23. The van der Waals surface area contributed by atoms with Crippen molar-refractivity contribution in [2.45, 2.75) is 6.92 Å². The van der Waals surface area contributed by atoms with Gasteiger partial charge in [0.05, 0.1) is 0 Å². The van der Waals surface area contributed by atoms with E-state index >= 15 is 0 Å². The number of hydrogen-bond acceptors (Lipinski definition) is 2. The molecule has 0 atom stereocenters. The Morgan fingerprint density at radius 1 is 1.31 bits per heavy atom. The Morgan fingerprint density at radius 3 is 2.88 bits per heavy atom. The number of benzene rings is 2. The Bertz CT molecular complexity index is 532. The van der Waals surface area contributed by atoms with Crippen molar-refractivity contribution < 1.29 is 14.6 Å². The molecule has 0 aromatic heterocycles. The van der Waals surface area contributed by atoms with Gasteiger partial charge in [0.1, 0.15) is 5.75 Å². The third kappa shape index (κ3) is 2.14. The molecule has 1 N–H and O–H groups in total. The molecule has 2 rings (SSSR count). The van der Waals surface area contributed by atoms with Crippen LogP contribution in [0.1, 0.15) is 5.56 Å². The van der Waals surface area contributed by atoms with Crippen LogP contribution in [0.2, 0.25) is 0 Å². The first-order valence-corrected chi connectivity index (χ1v) is 5.01. The summed E-state index contributed by atoms with van der Waals surface area (Å²) in [5.74, 6) is -0.380. The zero-order valence-electron chi connectivity index (χ0n) is 8.93. The molecule has 0 aliphatic heterocycles. The van der Waals surface area contributed by atoms with E-state index in [0.29, 0.717) is 5.75 Å². The number of rotatable bonds is 3. The molecule has 3 heteroatoms. The van der Waals surface area contributed by atoms with Gasteiger partial charge in [0, 0.05) is 0 Å². The first-order valence-electron chi connectivity index (χ1n) is 5.01. The molecule has 0 spiro atoms. The molecule has 0 unspecified atom stereocenters. The fourth-order valence-corrected chi connectivity index (χ4v) is 1.64. The van der Waals surface area contributed by atoms with Crippen LogP contribution in [-0.2, 0) is 4.79 Å². The van der Waals surface area contributed by atoms with Crippen LogP contribution >= 0.6 is 0 Å². The summed E-state index contributed by atoms with van der Waals surface area (Å²) in [7, 11) is 0. The minimum Gasteiger partial charge on any atom is -0.482 e. The van der Waals surface area contributed by atoms with Gasteiger partial charge in [-0.2, -0.15) is 0 Å². The predicted molar refractivity (Wildman–Crippen MR) is 61.8 cm³/mol. The average molecular weight is 216 g/mol. The van der Waals surface area contributed by atoms with Crippen LogP contribution in [0.15, 0.2) is 36.4 Å². The number of ether oxygens (including phenoxy) is 1. The second-order valence-electron chi connectivity index (χ2n) is 3.64. The Hall–Kier alpha value is -2.03. The van der Waals surface area contributed by atoms with Crippen LogP contribution in [0.3, 0.4) is 0 Å². The highest BCUT2D eigenvalue weighted by Crippen LogP contribution is 2.23. The molecular formula is C13H12O3. The standard InChI is InChI=1S/C13H12O3/c1-9-3-2-4-10-5-6-11(7-12(9)10)16-8-13(14)15/h2-7H,8H2,1H3,(H,14,15). The summed E-state index contributed by atoms with van der Waals surface area (Å²) in [5.41, 5.74) is 1.15. The number of fused-ring (bicyclic) bond motifs is 1. The highest BCUT2D eigenvalue weighted by Gasteiger charge is 2.02. The quantitative estimate of drug-likeness (QED) is 0.857. The first-order chi connectivity index (χ1) is 7.66. The van der Waals surface area contributed by atoms with E-state index in [2.05, 4.69) is 0 Å². The minimum absolute atomic E-state index is 0.308. The highest BCUT2D eigenvalue weighted by atomic mass is 16.5. The van der Waals surface area contributed by atoms with E-state index in [1.165, 1.54) is 0 Å². The molecule has 3 nitrogen and oxygen atoms in total. The molecule has 16 heavy (non-hydrogen) atoms. The average Bonchev–Trinajstić information content (AvgIpc) is 2.27. The van der Waals surface area contributed by atoms with Crippen LogP contribution in [0.4, 0.5) is 0 Å². The molecule has 0 bridgehead atoms. The van der Waals surface area contributed by atoms with Crippen molar-refractivity contribution in [3.63, 3.8) is 0 Å². The Labute approximate surface area is 93.3 Å². The van der Waals surface area contributed by atoms with E-state index in [1.54, 1.807) is 6.07 Å². The largest absolute Gasteiger partial charge is 0.482 e. The molecule has 2 aromatic carbocycles. The number of aliphatic carboxylic acids is 1. The van der Waals surface area contributed by atoms with Crippen molar-refractivity contribution in [1.82, 2.24) is 0 Å². The monoisotopic (exact) mass is 216 g/mol. The third-order valence-corrected chi connectivity index (χ3v) is 2.43. The van der Waals surface area contributed by atoms with Crippen molar-refractivity contribution >= 4 is 16.7 Å². The smallest absolute Gasteiger partial charge is 0.341 e. The maximum Gasteiger partial charge on any atom is 0.341 e. The van der Waals surface area contributed by atoms with Gasteiger partial charge in [-0.05, 0) is 35.4 Å². The highest BCUT2D eigenvalue weighted by molar-refractivity contribution is 5.86. The van der Waals surface area contributed by atoms with Gasteiger partial charge >= 0.3 is 5.97 Å². The van der Waals surface area contributed by atoms with Crippen LogP contribution in [0, 0.1) is 6.92 Å². The van der Waals surface area contributed by atoms with Gasteiger partial charge in [-0.25, -0.2) is 4.79 Å². The van der Waals surface area contributed by atoms with Gasteiger partial charge in [0.15, 0.2) is 6.61 Å². The fraction of sp³-hybridized carbons (Fsp3) is 0.154. The molecular weight excluding hydrogens is 204 g/mol. The van der Waals surface area contributed by atoms with Crippen molar-refractivity contribution in [3.8, 4) is 5.75 Å². The van der Waals surface area contributed by atoms with Crippen molar-refractivity contribution in [2.24, 2.45) is 0 Å². The molecule has 0 aliphatic carbocycles. The number of carbonyl (C=O) groups is 1. The zero-order chi connectivity index (χ0) is 11.5. The van der Waals surface area contributed by atoms with E-state index in [4.69, 9.17) is 9.84 Å². The summed E-state index contributed by atoms with van der Waals surface area (Å²) >= 11 is 0. The SMILES string of the molecule is Cc1cccc2ccc(OCC(=O)O)cc12. The molecule has 0 aliphatic rings. The summed E-state index contributed by atoms with van der Waals surface area (Å²) in [5, 5.41) is 10.7. The van der Waals surface area contributed by atoms with Gasteiger partial charge in [-0.3, -0.25) is 0 Å². The van der Waals surface area contributed by atoms with E-state index in [9.17, 15) is 4.79 Å². The van der Waals surface area contributed by atoms with E-state index < -0.39 is 5.97 Å². The third-order valence-electron chi connectivity index (χ3n) is 2.43. The van der Waals surface area contributed by atoms with Gasteiger partial charge in [-0.1, -0.05) is 24.3 Å². The van der Waals surface area contributed by atoms with Crippen molar-refractivity contribution in [2.75, 3.05) is 6.61 Å². The van der Waals surface area contributed by atoms with Crippen molar-refractivity contribution in [1.29, 1.82) is 0 Å². The van der Waals surface area contributed by atoms with Gasteiger partial charge < -0.3 is 9.84 Å². The van der Waals surface area contributed by atoms with Crippen LogP contribution in [-0.4, -0.2) is 17.7 Å². The number of hydrogen-bond donors (Lipinski definition) is 1. The summed E-state index contributed by atoms with van der Waals surface area (Å²) in [6, 6.07) is 11.6. The molecule has 0 radical (unpaired) electrons. The lowest BCUT2D eigenvalue weighted by molar-refractivity contribution is -0.139. The summed E-state index contributed by atoms with van der Waals surface area (Å²) in [6.45, 7) is 1.71. The minimum atomic E-state index is -0.968. The van der Waals surface area contributed by atoms with Gasteiger partial charge in [-0.15, -0.1) is 0 Å². The van der Waals surface area contributed by atoms with Crippen LogP contribution in [0.25, 0.3) is 10.8 Å².